The third kappa shape index (κ3) is 3.72. The maximum absolute atomic E-state index is 10.4. The molecule has 1 aromatic carbocycles. The van der Waals surface area contributed by atoms with Crippen LogP contribution in [0.1, 0.15) is 34.9 Å². The van der Waals surface area contributed by atoms with Gasteiger partial charge >= 0.3 is 0 Å². The van der Waals surface area contributed by atoms with Crippen LogP contribution in [-0.4, -0.2) is 35.8 Å². The van der Waals surface area contributed by atoms with Crippen molar-refractivity contribution in [2.75, 3.05) is 19.7 Å². The third-order valence-electron chi connectivity index (χ3n) is 5.05. The molecule has 0 radical (unpaired) electrons. The van der Waals surface area contributed by atoms with Gasteiger partial charge in [0.1, 0.15) is 0 Å². The van der Waals surface area contributed by atoms with E-state index in [2.05, 4.69) is 28.5 Å². The number of β-amino-alcohol motifs (C(OH)–C–C–N with tert-alkyl or cyclic N) is 1. The zero-order valence-corrected chi connectivity index (χ0v) is 14.8. The maximum atomic E-state index is 10.4. The van der Waals surface area contributed by atoms with E-state index in [1.54, 1.807) is 4.88 Å². The van der Waals surface area contributed by atoms with Crippen molar-refractivity contribution < 1.29 is 9.84 Å². The number of benzene rings is 1. The van der Waals surface area contributed by atoms with Gasteiger partial charge in [0.05, 0.1) is 19.3 Å². The minimum Gasteiger partial charge on any atom is -0.389 e. The summed E-state index contributed by atoms with van der Waals surface area (Å²) in [4.78, 5) is 4.04. The summed E-state index contributed by atoms with van der Waals surface area (Å²) in [5, 5.41) is 12.7. The lowest BCUT2D eigenvalue weighted by Gasteiger charge is -2.37. The molecule has 3 nitrogen and oxygen atoms in total. The highest BCUT2D eigenvalue weighted by Crippen LogP contribution is 2.48. The first kappa shape index (κ1) is 16.3. The Kier molecular flexibility index (Phi) is 4.99. The number of rotatable bonds is 7. The highest BCUT2D eigenvalue weighted by molar-refractivity contribution is 7.10. The monoisotopic (exact) mass is 343 g/mol. The third-order valence-corrected chi connectivity index (χ3v) is 6.05. The number of aliphatic hydroxyl groups is 1. The van der Waals surface area contributed by atoms with Crippen molar-refractivity contribution >= 4 is 11.3 Å². The van der Waals surface area contributed by atoms with Gasteiger partial charge in [-0.25, -0.2) is 0 Å². The van der Waals surface area contributed by atoms with Crippen LogP contribution in [0.15, 0.2) is 41.8 Å². The summed E-state index contributed by atoms with van der Waals surface area (Å²) in [5.74, 6) is 0.788. The first-order valence-electron chi connectivity index (χ1n) is 8.91. The van der Waals surface area contributed by atoms with Gasteiger partial charge in [-0.3, -0.25) is 4.90 Å². The van der Waals surface area contributed by atoms with E-state index in [0.717, 1.165) is 24.4 Å². The maximum Gasteiger partial charge on any atom is 0.0900 e. The normalized spacial score (nSPS) is 22.3. The van der Waals surface area contributed by atoms with Gasteiger partial charge in [-0.1, -0.05) is 30.3 Å². The van der Waals surface area contributed by atoms with Crippen LogP contribution in [0, 0.1) is 5.92 Å². The van der Waals surface area contributed by atoms with Crippen LogP contribution in [0.2, 0.25) is 0 Å². The number of hydrogen-bond acceptors (Lipinski definition) is 4. The Labute approximate surface area is 147 Å². The molecule has 1 aromatic heterocycles. The summed E-state index contributed by atoms with van der Waals surface area (Å²) >= 11 is 1.89. The van der Waals surface area contributed by atoms with E-state index in [0.29, 0.717) is 25.8 Å². The molecule has 2 aliphatic rings. The second kappa shape index (κ2) is 7.36. The zero-order chi connectivity index (χ0) is 16.4. The molecule has 4 heteroatoms. The summed E-state index contributed by atoms with van der Waals surface area (Å²) in [6.07, 6.45) is 3.36. The predicted octanol–water partition coefficient (Wildman–Crippen LogP) is 3.64. The van der Waals surface area contributed by atoms with Crippen molar-refractivity contribution in [2.24, 2.45) is 5.92 Å². The molecule has 4 rings (SSSR count). The second-order valence-electron chi connectivity index (χ2n) is 6.98. The van der Waals surface area contributed by atoms with E-state index < -0.39 is 6.10 Å². The molecule has 1 aliphatic heterocycles. The molecule has 24 heavy (non-hydrogen) atoms. The van der Waals surface area contributed by atoms with E-state index in [9.17, 15) is 5.11 Å². The Bertz CT molecular complexity index is 653. The SMILES string of the molecule is O[C@H](COCc1ccccc1)CN1CCc2sccc2[C@@H]1C1CC1. The largest absolute Gasteiger partial charge is 0.389 e. The summed E-state index contributed by atoms with van der Waals surface area (Å²) in [7, 11) is 0. The summed E-state index contributed by atoms with van der Waals surface area (Å²) < 4.78 is 5.71. The van der Waals surface area contributed by atoms with Gasteiger partial charge in [0, 0.05) is 24.0 Å². The van der Waals surface area contributed by atoms with Crippen LogP contribution in [0.4, 0.5) is 0 Å². The van der Waals surface area contributed by atoms with Gasteiger partial charge < -0.3 is 9.84 Å². The van der Waals surface area contributed by atoms with Crippen molar-refractivity contribution in [2.45, 2.75) is 38.0 Å². The van der Waals surface area contributed by atoms with Crippen LogP contribution in [0.3, 0.4) is 0 Å². The van der Waals surface area contributed by atoms with Crippen LogP contribution in [0.25, 0.3) is 0 Å². The minimum atomic E-state index is -0.421. The van der Waals surface area contributed by atoms with Crippen molar-refractivity contribution in [3.8, 4) is 0 Å². The fourth-order valence-electron chi connectivity index (χ4n) is 3.78. The summed E-state index contributed by atoms with van der Waals surface area (Å²) in [6, 6.07) is 13.0. The van der Waals surface area contributed by atoms with Crippen LogP contribution in [0.5, 0.6) is 0 Å². The fraction of sp³-hybridized carbons (Fsp3) is 0.500. The van der Waals surface area contributed by atoms with Crippen LogP contribution in [-0.2, 0) is 17.8 Å². The Hall–Kier alpha value is -1.20. The lowest BCUT2D eigenvalue weighted by atomic mass is 9.95. The topological polar surface area (TPSA) is 32.7 Å². The molecule has 128 valence electrons. The lowest BCUT2D eigenvalue weighted by Crippen LogP contribution is -2.42. The first-order valence-corrected chi connectivity index (χ1v) is 9.79. The molecule has 1 fully saturated rings. The number of aliphatic hydroxyl groups excluding tert-OH is 1. The zero-order valence-electron chi connectivity index (χ0n) is 13.9. The van der Waals surface area contributed by atoms with Crippen LogP contribution >= 0.6 is 11.3 Å². The quantitative estimate of drug-likeness (QED) is 0.833. The van der Waals surface area contributed by atoms with Crippen molar-refractivity contribution in [1.82, 2.24) is 4.90 Å². The number of fused-ring (bicyclic) bond motifs is 1. The Morgan fingerprint density at radius 3 is 2.83 bits per heavy atom. The Morgan fingerprint density at radius 1 is 1.21 bits per heavy atom. The number of thiophene rings is 1. The molecule has 0 unspecified atom stereocenters. The van der Waals surface area contributed by atoms with Gasteiger partial charge in [-0.15, -0.1) is 11.3 Å². The molecule has 0 bridgehead atoms. The smallest absolute Gasteiger partial charge is 0.0900 e. The molecular weight excluding hydrogens is 318 g/mol. The molecule has 2 heterocycles. The van der Waals surface area contributed by atoms with E-state index in [1.807, 2.05) is 29.5 Å². The predicted molar refractivity (Wildman–Crippen MR) is 97.2 cm³/mol. The number of ether oxygens (including phenoxy) is 1. The molecule has 2 atom stereocenters. The molecule has 1 saturated carbocycles. The van der Waals surface area contributed by atoms with Crippen molar-refractivity contribution in [3.05, 3.63) is 57.8 Å². The van der Waals surface area contributed by atoms with E-state index in [4.69, 9.17) is 4.74 Å². The lowest BCUT2D eigenvalue weighted by molar-refractivity contribution is -0.00154. The van der Waals surface area contributed by atoms with E-state index >= 15 is 0 Å². The average Bonchev–Trinajstić information content (AvgIpc) is 3.32. The van der Waals surface area contributed by atoms with E-state index in [1.165, 1.54) is 18.4 Å². The number of nitrogens with zero attached hydrogens (tertiary/aromatic N) is 1. The number of hydrogen-bond donors (Lipinski definition) is 1. The van der Waals surface area contributed by atoms with Gasteiger partial charge in [-0.05, 0) is 47.8 Å². The van der Waals surface area contributed by atoms with Gasteiger partial charge in [0.2, 0.25) is 0 Å². The van der Waals surface area contributed by atoms with Crippen molar-refractivity contribution in [1.29, 1.82) is 0 Å². The van der Waals surface area contributed by atoms with Gasteiger partial charge in [0.15, 0.2) is 0 Å². The molecule has 0 saturated heterocycles. The highest BCUT2D eigenvalue weighted by Gasteiger charge is 2.40. The van der Waals surface area contributed by atoms with E-state index in [-0.39, 0.29) is 0 Å². The van der Waals surface area contributed by atoms with Gasteiger partial charge in [-0.2, -0.15) is 0 Å². The molecular formula is C20H25NO2S. The van der Waals surface area contributed by atoms with Crippen molar-refractivity contribution in [3.63, 3.8) is 0 Å². The molecule has 0 spiro atoms. The minimum absolute atomic E-state index is 0.402. The highest BCUT2D eigenvalue weighted by atomic mass is 32.1. The summed E-state index contributed by atoms with van der Waals surface area (Å²) in [5.41, 5.74) is 2.67. The second-order valence-corrected chi connectivity index (χ2v) is 7.98. The first-order chi connectivity index (χ1) is 11.8. The summed E-state index contributed by atoms with van der Waals surface area (Å²) in [6.45, 7) is 2.74. The molecule has 0 amide bonds. The fourth-order valence-corrected chi connectivity index (χ4v) is 4.69. The molecule has 1 N–H and O–H groups in total. The average molecular weight is 343 g/mol. The van der Waals surface area contributed by atoms with Gasteiger partial charge in [0.25, 0.3) is 0 Å². The molecule has 2 aromatic rings. The standard InChI is InChI=1S/C20H25NO2S/c22-17(14-23-13-15-4-2-1-3-5-15)12-21-10-8-19-18(9-11-24-19)20(21)16-6-7-16/h1-5,9,11,16-17,20,22H,6-8,10,12-14H2/t17-,20-/m0/s1. The molecule has 1 aliphatic carbocycles. The Balaban J connectivity index is 1.31. The Morgan fingerprint density at radius 2 is 2.04 bits per heavy atom. The van der Waals surface area contributed by atoms with Crippen LogP contribution < -0.4 is 0 Å².